The average Bonchev–Trinajstić information content (AvgIpc) is 3.30. The molecule has 1 aliphatic heterocycles. The minimum Gasteiger partial charge on any atom is -0.496 e. The third-order valence-electron chi connectivity index (χ3n) is 5.86. The number of phosphoric acid groups is 1. The minimum atomic E-state index is -4.90. The molecule has 3 rings (SSSR count). The summed E-state index contributed by atoms with van der Waals surface area (Å²) in [6.45, 7) is 3.65. The normalized spacial score (nSPS) is 15.5. The van der Waals surface area contributed by atoms with Crippen molar-refractivity contribution >= 4 is 37.1 Å². The van der Waals surface area contributed by atoms with Gasteiger partial charge in [-0.25, -0.2) is 4.57 Å². The summed E-state index contributed by atoms with van der Waals surface area (Å²) in [5, 5.41) is 0.0273. The molecular formula is C24H29N4O9P. The van der Waals surface area contributed by atoms with E-state index in [2.05, 4.69) is 11.1 Å². The molecule has 1 saturated heterocycles. The van der Waals surface area contributed by atoms with E-state index < -0.39 is 26.2 Å². The topological polar surface area (TPSA) is 174 Å². The van der Waals surface area contributed by atoms with Crippen LogP contribution >= 0.6 is 7.82 Å². The Morgan fingerprint density at radius 1 is 1.05 bits per heavy atom. The van der Waals surface area contributed by atoms with Crippen molar-refractivity contribution in [3.63, 3.8) is 0 Å². The highest BCUT2D eigenvalue weighted by molar-refractivity contribution is 7.46. The number of aromatic nitrogens is 1. The van der Waals surface area contributed by atoms with Crippen molar-refractivity contribution in [2.75, 3.05) is 40.4 Å². The Balaban J connectivity index is 1.95. The van der Waals surface area contributed by atoms with E-state index >= 15 is 0 Å². The number of rotatable bonds is 9. The summed E-state index contributed by atoms with van der Waals surface area (Å²) >= 11 is 0. The van der Waals surface area contributed by atoms with E-state index in [1.807, 2.05) is 0 Å². The molecule has 0 bridgehead atoms. The lowest BCUT2D eigenvalue weighted by Gasteiger charge is -2.34. The van der Waals surface area contributed by atoms with Crippen LogP contribution in [0, 0.1) is 0 Å². The average molecular weight is 548 g/mol. The highest BCUT2D eigenvalue weighted by Crippen LogP contribution is 2.35. The van der Waals surface area contributed by atoms with Gasteiger partial charge in [0.1, 0.15) is 17.8 Å². The molecule has 1 fully saturated rings. The van der Waals surface area contributed by atoms with Crippen LogP contribution in [0.1, 0.15) is 20.7 Å². The number of phosphoric ester groups is 1. The Bertz CT molecular complexity index is 1390. The van der Waals surface area contributed by atoms with Crippen molar-refractivity contribution in [3.8, 4) is 0 Å². The maximum atomic E-state index is 13.4. The number of ketones is 1. The van der Waals surface area contributed by atoms with Crippen LogP contribution in [0.2, 0.25) is 0 Å². The van der Waals surface area contributed by atoms with Gasteiger partial charge in [-0.15, -0.1) is 0 Å². The molecule has 0 aliphatic carbocycles. The van der Waals surface area contributed by atoms with Gasteiger partial charge >= 0.3 is 7.82 Å². The molecule has 13 nitrogen and oxygen atoms in total. The second-order valence-corrected chi connectivity index (χ2v) is 9.34. The van der Waals surface area contributed by atoms with Crippen LogP contribution in [0.5, 0.6) is 0 Å². The molecule has 1 aliphatic rings. The molecule has 0 spiro atoms. The number of methoxy groups -OCH3 is 2. The second-order valence-electron chi connectivity index (χ2n) is 8.11. The zero-order valence-corrected chi connectivity index (χ0v) is 21.8. The number of hydrogen-bond donors (Lipinski definition) is 3. The Morgan fingerprint density at radius 2 is 1.66 bits per heavy atom. The van der Waals surface area contributed by atoms with Gasteiger partial charge in [0.15, 0.2) is 0 Å². The molecular weight excluding hydrogens is 519 g/mol. The zero-order chi connectivity index (χ0) is 28.0. The van der Waals surface area contributed by atoms with Gasteiger partial charge < -0.3 is 39.4 Å². The van der Waals surface area contributed by atoms with Gasteiger partial charge in [0.2, 0.25) is 5.88 Å². The number of carbonyl (C=O) groups is 3. The lowest BCUT2D eigenvalue weighted by molar-refractivity contribution is -0.127. The van der Waals surface area contributed by atoms with Gasteiger partial charge in [-0.05, 0) is 18.2 Å². The molecule has 2 amide bonds. The lowest BCUT2D eigenvalue weighted by atomic mass is 10.1. The largest absolute Gasteiger partial charge is 0.496 e. The first-order valence-electron chi connectivity index (χ1n) is 11.3. The predicted octanol–water partition coefficient (Wildman–Crippen LogP) is -0.666. The first-order chi connectivity index (χ1) is 18.0. The first kappa shape index (κ1) is 28.7. The standard InChI is InChI=1S/C24H29N4O9P/c1-4-18(35-2)19-17(14-28(15-37-38(32,33)34)20(19)22(25)36-3)21(29)24(31)27-12-10-26(11-13-27)23(30)16-8-6-5-7-9-16/h4-9,14H,1,10-13,15,25H2,2-3H3,(H2,32,33,34)/b19-18+,22-20-. The summed E-state index contributed by atoms with van der Waals surface area (Å²) in [5.74, 6) is -2.11. The fourth-order valence-corrected chi connectivity index (χ4v) is 4.28. The van der Waals surface area contributed by atoms with Crippen LogP contribution in [-0.4, -0.2) is 82.1 Å². The van der Waals surface area contributed by atoms with Crippen LogP contribution in [0.15, 0.2) is 49.2 Å². The number of nitrogens with two attached hydrogens (primary N) is 1. The quantitative estimate of drug-likeness (QED) is 0.207. The summed E-state index contributed by atoms with van der Waals surface area (Å²) in [7, 11) is -2.33. The van der Waals surface area contributed by atoms with Crippen molar-refractivity contribution in [1.82, 2.24) is 14.4 Å². The van der Waals surface area contributed by atoms with Crippen LogP contribution in [0.3, 0.4) is 0 Å². The lowest BCUT2D eigenvalue weighted by Crippen LogP contribution is -2.52. The molecule has 38 heavy (non-hydrogen) atoms. The van der Waals surface area contributed by atoms with Crippen LogP contribution in [0.4, 0.5) is 0 Å². The third kappa shape index (κ3) is 6.32. The van der Waals surface area contributed by atoms with Gasteiger partial charge in [0, 0.05) is 37.9 Å². The molecule has 4 N–H and O–H groups in total. The number of Topliss-reactive ketones (excluding diaryl/α,β-unsaturated/α-hetero) is 1. The Hall–Kier alpha value is -3.90. The number of hydrogen-bond acceptors (Lipinski definition) is 8. The smallest absolute Gasteiger partial charge is 0.471 e. The van der Waals surface area contributed by atoms with Crippen molar-refractivity contribution in [3.05, 3.63) is 70.9 Å². The molecule has 2 heterocycles. The minimum absolute atomic E-state index is 0.00729. The summed E-state index contributed by atoms with van der Waals surface area (Å²) < 4.78 is 27.4. The molecule has 0 radical (unpaired) electrons. The summed E-state index contributed by atoms with van der Waals surface area (Å²) in [6.07, 6.45) is 2.45. The van der Waals surface area contributed by atoms with Crippen molar-refractivity contribution in [2.24, 2.45) is 5.73 Å². The Kier molecular flexibility index (Phi) is 9.13. The summed E-state index contributed by atoms with van der Waals surface area (Å²) in [5.41, 5.74) is 6.34. The summed E-state index contributed by atoms with van der Waals surface area (Å²) in [4.78, 5) is 60.6. The maximum absolute atomic E-state index is 13.4. The van der Waals surface area contributed by atoms with E-state index in [4.69, 9.17) is 25.0 Å². The van der Waals surface area contributed by atoms with Gasteiger partial charge in [-0.3, -0.25) is 18.9 Å². The number of nitrogens with zero attached hydrogens (tertiary/aromatic N) is 3. The first-order valence-corrected chi connectivity index (χ1v) is 12.9. The molecule has 1 aromatic heterocycles. The molecule has 0 saturated carbocycles. The van der Waals surface area contributed by atoms with Crippen LogP contribution in [0.25, 0.3) is 11.6 Å². The fourth-order valence-electron chi connectivity index (χ4n) is 4.00. The summed E-state index contributed by atoms with van der Waals surface area (Å²) in [6, 6.07) is 8.74. The van der Waals surface area contributed by atoms with Crippen molar-refractivity contribution in [2.45, 2.75) is 6.73 Å². The highest BCUT2D eigenvalue weighted by Gasteiger charge is 2.31. The monoisotopic (exact) mass is 548 g/mol. The Morgan fingerprint density at radius 3 is 2.18 bits per heavy atom. The Labute approximate surface area is 218 Å². The molecule has 0 unspecified atom stereocenters. The van der Waals surface area contributed by atoms with Crippen molar-refractivity contribution in [1.29, 1.82) is 0 Å². The third-order valence-corrected chi connectivity index (χ3v) is 6.31. The van der Waals surface area contributed by atoms with E-state index in [-0.39, 0.29) is 59.9 Å². The zero-order valence-electron chi connectivity index (χ0n) is 20.9. The van der Waals surface area contributed by atoms with E-state index in [1.165, 1.54) is 31.4 Å². The number of amides is 2. The predicted molar refractivity (Wildman–Crippen MR) is 135 cm³/mol. The number of piperazine rings is 1. The molecule has 2 aromatic rings. The van der Waals surface area contributed by atoms with Crippen LogP contribution < -0.4 is 16.3 Å². The van der Waals surface area contributed by atoms with Gasteiger partial charge in [-0.1, -0.05) is 24.8 Å². The van der Waals surface area contributed by atoms with Crippen molar-refractivity contribution < 1.29 is 42.7 Å². The maximum Gasteiger partial charge on any atom is 0.471 e. The van der Waals surface area contributed by atoms with Gasteiger partial charge in [0.25, 0.3) is 17.6 Å². The highest BCUT2D eigenvalue weighted by atomic mass is 31.2. The molecule has 14 heteroatoms. The van der Waals surface area contributed by atoms with Gasteiger partial charge in [-0.2, -0.15) is 0 Å². The number of carbonyl (C=O) groups excluding carboxylic acids is 3. The van der Waals surface area contributed by atoms with E-state index in [1.54, 1.807) is 35.2 Å². The van der Waals surface area contributed by atoms with E-state index in [0.717, 1.165) is 4.57 Å². The second kappa shape index (κ2) is 12.1. The number of ether oxygens (including phenoxy) is 2. The van der Waals surface area contributed by atoms with Gasteiger partial charge in [0.05, 0.1) is 25.0 Å². The fraction of sp³-hybridized carbons (Fsp3) is 0.292. The number of benzene rings is 1. The molecule has 0 atom stereocenters. The van der Waals surface area contributed by atoms with Crippen LogP contribution in [-0.2, 0) is 30.1 Å². The molecule has 1 aromatic carbocycles. The van der Waals surface area contributed by atoms with E-state index in [0.29, 0.717) is 5.56 Å². The molecule has 204 valence electrons. The SMILES string of the molecule is C=C/C(OC)=c1/c(C(=O)C(=O)N2CCN(C(=O)c3ccccc3)CC2)cn(COP(=O)(O)O)/c1=C(/N)OC. The van der Waals surface area contributed by atoms with E-state index in [9.17, 15) is 18.9 Å².